The number of phenols is 2. The van der Waals surface area contributed by atoms with Crippen molar-refractivity contribution in [1.82, 2.24) is 29.5 Å². The van der Waals surface area contributed by atoms with E-state index >= 15 is 0 Å². The molecule has 0 saturated carbocycles. The molecule has 0 aliphatic carbocycles. The predicted octanol–water partition coefficient (Wildman–Crippen LogP) is -1.35. The lowest BCUT2D eigenvalue weighted by molar-refractivity contribution is -0.161. The number of carboxylic acids is 1. The van der Waals surface area contributed by atoms with Crippen molar-refractivity contribution < 1.29 is 57.3 Å². The highest BCUT2D eigenvalue weighted by Crippen LogP contribution is 2.31. The molecule has 2 aliphatic heterocycles. The zero-order chi connectivity index (χ0) is 34.1. The first-order valence-corrected chi connectivity index (χ1v) is 15.1. The van der Waals surface area contributed by atoms with E-state index in [9.17, 15) is 52.5 Å². The number of carboxylic acid groups (broad SMARTS) is 1. The van der Waals surface area contributed by atoms with E-state index < -0.39 is 81.5 Å². The molecule has 8 N–H and O–H groups in total. The average Bonchev–Trinajstić information content (AvgIpc) is 3.56. The summed E-state index contributed by atoms with van der Waals surface area (Å²) in [6.07, 6.45) is 0. The van der Waals surface area contributed by atoms with Crippen molar-refractivity contribution in [1.29, 1.82) is 0 Å². The molecular weight excluding hydrogens is 658 g/mol. The fourth-order valence-corrected chi connectivity index (χ4v) is 5.03. The standard InChI is InChI=1S/C23H25N9O12S2/c1-23(2,18(37)38)44-27-15(12-9-45-19(24)26-12)16(35)25-11-8-32(17(11)36)21(40)29-46(42,43)28-20(39)31-6-5-30(22(31)41)10-3-4-13(33)14(34)7-10/h3-4,7,9,11,33-34H,5-6,8H2,1-2H3,(H2,24,26)(H,25,35)(H,28,39)(H,29,40)(H,37,38)/t11-/m0/s1. The second-order valence-corrected chi connectivity index (χ2v) is 12.3. The number of thiazole rings is 1. The zero-order valence-electron chi connectivity index (χ0n) is 23.7. The van der Waals surface area contributed by atoms with E-state index in [2.05, 4.69) is 15.5 Å². The minimum atomic E-state index is -4.96. The Kier molecular flexibility index (Phi) is 8.91. The van der Waals surface area contributed by atoms with Gasteiger partial charge in [0.05, 0.1) is 13.1 Å². The van der Waals surface area contributed by atoms with Crippen molar-refractivity contribution in [3.05, 3.63) is 29.3 Å². The highest BCUT2D eigenvalue weighted by molar-refractivity contribution is 7.88. The molecule has 0 unspecified atom stereocenters. The number of nitrogens with one attached hydrogen (secondary N) is 3. The van der Waals surface area contributed by atoms with Gasteiger partial charge in [0.1, 0.15) is 11.7 Å². The maximum atomic E-state index is 12.9. The molecule has 2 saturated heterocycles. The van der Waals surface area contributed by atoms with Crippen molar-refractivity contribution in [2.75, 3.05) is 30.3 Å². The Labute approximate surface area is 262 Å². The van der Waals surface area contributed by atoms with Gasteiger partial charge in [-0.25, -0.2) is 38.5 Å². The number of benzene rings is 1. The summed E-state index contributed by atoms with van der Waals surface area (Å²) in [5.41, 5.74) is 3.19. The number of aliphatic carboxylic acids is 1. The first-order chi connectivity index (χ1) is 21.4. The molecule has 23 heteroatoms. The zero-order valence-corrected chi connectivity index (χ0v) is 25.3. The molecule has 0 bridgehead atoms. The fourth-order valence-electron chi connectivity index (χ4n) is 3.75. The minimum absolute atomic E-state index is 0.0351. The number of nitrogen functional groups attached to an aromatic ring is 1. The van der Waals surface area contributed by atoms with E-state index in [-0.39, 0.29) is 29.6 Å². The maximum Gasteiger partial charge on any atom is 0.350 e. The molecule has 2 aromatic rings. The van der Waals surface area contributed by atoms with Crippen LogP contribution < -0.4 is 25.4 Å². The van der Waals surface area contributed by atoms with Gasteiger partial charge >= 0.3 is 34.3 Å². The number of nitrogens with two attached hydrogens (primary N) is 1. The number of urea groups is 3. The molecular formula is C23H25N9O12S2. The van der Waals surface area contributed by atoms with Crippen molar-refractivity contribution in [2.24, 2.45) is 5.16 Å². The van der Waals surface area contributed by atoms with Crippen molar-refractivity contribution >= 4 is 74.0 Å². The molecule has 2 aliphatic rings. The molecule has 0 spiro atoms. The van der Waals surface area contributed by atoms with Gasteiger partial charge in [-0.05, 0) is 26.0 Å². The van der Waals surface area contributed by atoms with Gasteiger partial charge in [0, 0.05) is 23.7 Å². The number of aromatic hydroxyl groups is 2. The van der Waals surface area contributed by atoms with Gasteiger partial charge < -0.3 is 31.2 Å². The average molecular weight is 684 g/mol. The number of nitrogens with zero attached hydrogens (tertiary/aromatic N) is 5. The normalized spacial score (nSPS) is 17.0. The van der Waals surface area contributed by atoms with Crippen LogP contribution in [0.5, 0.6) is 11.5 Å². The first kappa shape index (κ1) is 33.2. The lowest BCUT2D eigenvalue weighted by Gasteiger charge is -2.36. The van der Waals surface area contributed by atoms with Crippen molar-refractivity contribution in [2.45, 2.75) is 25.5 Å². The number of hydrogen-bond acceptors (Lipinski definition) is 15. The van der Waals surface area contributed by atoms with Gasteiger partial charge in [0.25, 0.3) is 11.8 Å². The summed E-state index contributed by atoms with van der Waals surface area (Å²) in [5, 5.41) is 35.5. The Balaban J connectivity index is 1.34. The van der Waals surface area contributed by atoms with Gasteiger partial charge in [-0.2, -0.15) is 8.42 Å². The summed E-state index contributed by atoms with van der Waals surface area (Å²) in [7, 11) is -4.96. The highest BCUT2D eigenvalue weighted by atomic mass is 32.2. The van der Waals surface area contributed by atoms with Crippen LogP contribution in [0.15, 0.2) is 28.7 Å². The summed E-state index contributed by atoms with van der Waals surface area (Å²) >= 11 is 0.928. The van der Waals surface area contributed by atoms with E-state index in [0.717, 1.165) is 42.2 Å². The van der Waals surface area contributed by atoms with E-state index in [1.54, 1.807) is 0 Å². The number of phenolic OH excluding ortho intramolecular Hbond substituents is 2. The largest absolute Gasteiger partial charge is 0.504 e. The Morgan fingerprint density at radius 2 is 1.74 bits per heavy atom. The van der Waals surface area contributed by atoms with Crippen molar-refractivity contribution in [3.8, 4) is 11.5 Å². The van der Waals surface area contributed by atoms with Crippen LogP contribution in [0.2, 0.25) is 0 Å². The number of β-lactam (4-membered cyclic amide) rings is 1. The molecule has 1 aromatic heterocycles. The van der Waals surface area contributed by atoms with Crippen LogP contribution >= 0.6 is 11.3 Å². The molecule has 1 aromatic carbocycles. The third-order valence-electron chi connectivity index (χ3n) is 6.31. The number of imide groups is 2. The molecule has 1 atom stereocenters. The van der Waals surface area contributed by atoms with Gasteiger partial charge in [-0.1, -0.05) is 5.16 Å². The molecule has 21 nitrogen and oxygen atoms in total. The van der Waals surface area contributed by atoms with Crippen LogP contribution in [-0.4, -0.2) is 111 Å². The third-order valence-corrected chi connectivity index (χ3v) is 7.87. The topological polar surface area (TPSA) is 304 Å². The monoisotopic (exact) mass is 683 g/mol. The molecule has 8 amide bonds. The van der Waals surface area contributed by atoms with Crippen LogP contribution in [0.3, 0.4) is 0 Å². The van der Waals surface area contributed by atoms with Crippen molar-refractivity contribution in [3.63, 3.8) is 0 Å². The Morgan fingerprint density at radius 1 is 1.09 bits per heavy atom. The van der Waals surface area contributed by atoms with Crippen LogP contribution in [-0.2, 0) is 29.4 Å². The molecule has 46 heavy (non-hydrogen) atoms. The molecule has 246 valence electrons. The van der Waals surface area contributed by atoms with E-state index in [1.807, 2.05) is 0 Å². The van der Waals surface area contributed by atoms with E-state index in [4.69, 9.17) is 10.6 Å². The predicted molar refractivity (Wildman–Crippen MR) is 155 cm³/mol. The summed E-state index contributed by atoms with van der Waals surface area (Å²) in [5.74, 6) is -4.50. The number of anilines is 2. The summed E-state index contributed by atoms with van der Waals surface area (Å²) in [4.78, 5) is 85.3. The second-order valence-electron chi connectivity index (χ2n) is 9.97. The highest BCUT2D eigenvalue weighted by Gasteiger charge is 2.44. The molecule has 0 radical (unpaired) electrons. The Hall–Kier alpha value is -5.71. The molecule has 2 fully saturated rings. The van der Waals surface area contributed by atoms with Gasteiger partial charge in [-0.3, -0.25) is 19.4 Å². The SMILES string of the molecule is CC(C)(ON=C(C(=O)N[C@H]1CN(C(=O)NS(=O)(=O)NC(=O)N2CCN(c3ccc(O)c(O)c3)C2=O)C1=O)c1csc(N)n1)C(=O)O. The smallest absolute Gasteiger partial charge is 0.350 e. The number of amides is 8. The van der Waals surface area contributed by atoms with Crippen LogP contribution in [0.4, 0.5) is 25.2 Å². The maximum absolute atomic E-state index is 12.9. The second kappa shape index (κ2) is 12.4. The van der Waals surface area contributed by atoms with Crippen LogP contribution in [0.25, 0.3) is 0 Å². The number of rotatable bonds is 9. The van der Waals surface area contributed by atoms with Crippen LogP contribution in [0.1, 0.15) is 19.5 Å². The lowest BCUT2D eigenvalue weighted by Crippen LogP contribution is -2.68. The minimum Gasteiger partial charge on any atom is -0.504 e. The number of hydrogen-bond donors (Lipinski definition) is 7. The van der Waals surface area contributed by atoms with E-state index in [1.165, 1.54) is 20.9 Å². The van der Waals surface area contributed by atoms with Gasteiger partial charge in [-0.15, -0.1) is 11.3 Å². The number of likely N-dealkylation sites (tertiary alicyclic amines) is 1. The number of aromatic nitrogens is 1. The van der Waals surface area contributed by atoms with E-state index in [0.29, 0.717) is 9.80 Å². The van der Waals surface area contributed by atoms with Gasteiger partial charge in [0.2, 0.25) is 5.60 Å². The third kappa shape index (κ3) is 6.99. The first-order valence-electron chi connectivity index (χ1n) is 12.7. The molecule has 4 rings (SSSR count). The number of carbonyl (C=O) groups is 6. The number of carbonyl (C=O) groups excluding carboxylic acids is 5. The van der Waals surface area contributed by atoms with Crippen LogP contribution in [0, 0.1) is 0 Å². The van der Waals surface area contributed by atoms with Gasteiger partial charge in [0.15, 0.2) is 22.3 Å². The lowest BCUT2D eigenvalue weighted by atomic mass is 10.1. The Morgan fingerprint density at radius 3 is 2.30 bits per heavy atom. The quantitative estimate of drug-likeness (QED) is 0.0696. The number of oxime groups is 1. The summed E-state index contributed by atoms with van der Waals surface area (Å²) in [6, 6.07) is -1.80. The molecule has 3 heterocycles. The summed E-state index contributed by atoms with van der Waals surface area (Å²) in [6.45, 7) is 1.43. The summed E-state index contributed by atoms with van der Waals surface area (Å²) < 4.78 is 27.8. The Bertz CT molecular complexity index is 1770. The fraction of sp³-hybridized carbons (Fsp3) is 0.304.